The number of hydrogen-bond acceptors (Lipinski definition) is 7. The molecular weight excluding hydrogens is 782 g/mol. The van der Waals surface area contributed by atoms with Gasteiger partial charge in [-0.2, -0.15) is 0 Å². The first-order chi connectivity index (χ1) is 28.5. The molecule has 0 spiro atoms. The molecule has 4 aromatic carbocycles. The van der Waals surface area contributed by atoms with Crippen LogP contribution in [0.3, 0.4) is 0 Å². The van der Waals surface area contributed by atoms with Crippen LogP contribution in [0.1, 0.15) is 22.8 Å². The number of nitrogens with zero attached hydrogens (tertiary/aromatic N) is 5. The molecule has 291 valence electrons. The Hall–Kier alpha value is -7.20. The SMILES string of the molecule is COc1ccc(-c2c3nc(c(-c4ccc(OC)cc4)c4ccc([n-]4)c(-c4ccc(OC)cc4)c4nc(c(-c5ccc(OC)cc5)c5ccc2[n-]5)C=C4)C=C3)cc1.[Fe+2].[N]=O. The standard InChI is InChI=1S/C48H36N4O4.Fe.NO/c1-53-33-13-5-29(6-14-33)45-37-21-23-39(49-37)46(30-7-15-34(54-2)16-8-30)41-25-27-43(51-41)48(32-11-19-36(56-4)20-12-32)44-28-26-42(52-44)47(40-24-22-38(45)50-40)31-9-17-35(55-3)18-10-31;;1-2/h5-28H,1-4H3;;/q-2;+2;. The summed E-state index contributed by atoms with van der Waals surface area (Å²) in [6.07, 6.45) is 8.23. The van der Waals surface area contributed by atoms with Crippen molar-refractivity contribution in [1.82, 2.24) is 25.5 Å². The molecule has 59 heavy (non-hydrogen) atoms. The zero-order valence-electron chi connectivity index (χ0n) is 32.5. The second-order valence-electron chi connectivity index (χ2n) is 13.3. The zero-order chi connectivity index (χ0) is 40.2. The Morgan fingerprint density at radius 1 is 0.356 bits per heavy atom. The summed E-state index contributed by atoms with van der Waals surface area (Å²) in [7, 11) is 6.67. The molecule has 5 heterocycles. The Kier molecular flexibility index (Phi) is 11.9. The van der Waals surface area contributed by atoms with Crippen LogP contribution in [0.15, 0.2) is 121 Å². The summed E-state index contributed by atoms with van der Waals surface area (Å²) < 4.78 is 22.1. The molecule has 2 aliphatic heterocycles. The summed E-state index contributed by atoms with van der Waals surface area (Å²) in [5.74, 6) is 3.06. The molecule has 0 aliphatic carbocycles. The second kappa shape index (κ2) is 17.5. The van der Waals surface area contributed by atoms with Gasteiger partial charge in [0.25, 0.3) is 0 Å². The minimum atomic E-state index is 0. The maximum absolute atomic E-state index is 7.25. The largest absolute Gasteiger partial charge is 2.00 e. The van der Waals surface area contributed by atoms with Gasteiger partial charge in [-0.1, -0.05) is 72.8 Å². The molecule has 0 atom stereocenters. The summed E-state index contributed by atoms with van der Waals surface area (Å²) in [6.45, 7) is 0. The maximum atomic E-state index is 7.25. The third kappa shape index (κ3) is 7.77. The number of ether oxygens (including phenoxy) is 4. The van der Waals surface area contributed by atoms with Gasteiger partial charge in [-0.05, 0) is 117 Å². The van der Waals surface area contributed by atoms with Gasteiger partial charge < -0.3 is 28.9 Å². The molecule has 0 amide bonds. The molecule has 1 radical (unpaired) electrons. The van der Waals surface area contributed by atoms with E-state index < -0.39 is 0 Å². The molecule has 9 rings (SSSR count). The van der Waals surface area contributed by atoms with Crippen LogP contribution in [0, 0.1) is 4.91 Å². The molecule has 0 saturated carbocycles. The van der Waals surface area contributed by atoms with Gasteiger partial charge in [0.1, 0.15) is 28.6 Å². The first-order valence-electron chi connectivity index (χ1n) is 18.3. The van der Waals surface area contributed by atoms with Crippen LogP contribution < -0.4 is 34.5 Å². The van der Waals surface area contributed by atoms with Gasteiger partial charge in [-0.3, -0.25) is 0 Å². The molecule has 0 N–H and O–H groups in total. The molecule has 8 bridgehead atoms. The Bertz CT molecular complexity index is 2470. The van der Waals surface area contributed by atoms with Gasteiger partial charge in [0, 0.05) is 0 Å². The molecule has 0 unspecified atom stereocenters. The number of hydrogen-bond donors (Lipinski definition) is 0. The monoisotopic (exact) mass is 818 g/mol. The van der Waals surface area contributed by atoms with Crippen LogP contribution in [-0.4, -0.2) is 38.4 Å². The quantitative estimate of drug-likeness (QED) is 0.138. The van der Waals surface area contributed by atoms with Crippen LogP contribution in [0.2, 0.25) is 0 Å². The van der Waals surface area contributed by atoms with E-state index in [1.165, 1.54) is 0 Å². The van der Waals surface area contributed by atoms with E-state index in [9.17, 15) is 0 Å². The number of benzene rings is 4. The van der Waals surface area contributed by atoms with Crippen LogP contribution in [0.5, 0.6) is 23.0 Å². The number of methoxy groups -OCH3 is 4. The van der Waals surface area contributed by atoms with E-state index in [-0.39, 0.29) is 17.1 Å². The third-order valence-electron chi connectivity index (χ3n) is 10.1. The van der Waals surface area contributed by atoms with Crippen molar-refractivity contribution >= 4 is 46.4 Å². The molecule has 2 aliphatic rings. The van der Waals surface area contributed by atoms with Crippen molar-refractivity contribution < 1.29 is 36.0 Å². The zero-order valence-corrected chi connectivity index (χ0v) is 33.6. The fourth-order valence-corrected chi connectivity index (χ4v) is 7.30. The van der Waals surface area contributed by atoms with Crippen LogP contribution in [0.25, 0.3) is 90.9 Å². The predicted octanol–water partition coefficient (Wildman–Crippen LogP) is 10.2. The van der Waals surface area contributed by atoms with Crippen molar-refractivity contribution in [3.63, 3.8) is 0 Å². The Balaban J connectivity index is 0.00000173. The van der Waals surface area contributed by atoms with Gasteiger partial charge in [0.15, 0.2) is 0 Å². The average molecular weight is 819 g/mol. The summed E-state index contributed by atoms with van der Waals surface area (Å²) in [5, 5.41) is 0. The number of aromatic nitrogens is 4. The van der Waals surface area contributed by atoms with E-state index in [1.54, 1.807) is 28.4 Å². The predicted molar refractivity (Wildman–Crippen MR) is 230 cm³/mol. The summed E-state index contributed by atoms with van der Waals surface area (Å²) in [4.78, 5) is 28.6. The van der Waals surface area contributed by atoms with Crippen molar-refractivity contribution in [3.05, 3.63) is 149 Å². The van der Waals surface area contributed by atoms with Gasteiger partial charge >= 0.3 is 17.1 Å². The molecule has 0 saturated heterocycles. The smallest absolute Gasteiger partial charge is 0.657 e. The van der Waals surface area contributed by atoms with Gasteiger partial charge in [-0.15, -0.1) is 27.0 Å². The van der Waals surface area contributed by atoms with Crippen molar-refractivity contribution in [3.8, 4) is 67.5 Å². The summed E-state index contributed by atoms with van der Waals surface area (Å²) >= 11 is 0. The normalized spacial score (nSPS) is 11.3. The number of fused-ring (bicyclic) bond motifs is 8. The van der Waals surface area contributed by atoms with Crippen LogP contribution in [0.4, 0.5) is 0 Å². The number of nitroso groups, excluding NO2 is 1. The van der Waals surface area contributed by atoms with Crippen molar-refractivity contribution in [2.75, 3.05) is 28.4 Å². The summed E-state index contributed by atoms with van der Waals surface area (Å²) in [6, 6.07) is 40.3. The molecule has 11 heteroatoms. The first-order valence-corrected chi connectivity index (χ1v) is 18.3. The van der Waals surface area contributed by atoms with Crippen molar-refractivity contribution in [2.45, 2.75) is 0 Å². The van der Waals surface area contributed by atoms with E-state index in [0.29, 0.717) is 0 Å². The molecule has 10 nitrogen and oxygen atoms in total. The molecule has 3 aromatic heterocycles. The maximum Gasteiger partial charge on any atom is 2.00 e. The van der Waals surface area contributed by atoms with Crippen molar-refractivity contribution in [2.24, 2.45) is 0 Å². The minimum absolute atomic E-state index is 0. The van der Waals surface area contributed by atoms with Crippen LogP contribution in [-0.2, 0) is 17.1 Å². The van der Waals surface area contributed by atoms with Crippen LogP contribution >= 0.6 is 0 Å². The molecular formula is C48H36FeN5O5. The van der Waals surface area contributed by atoms with E-state index in [4.69, 9.17) is 49.4 Å². The first kappa shape index (κ1) is 40.0. The van der Waals surface area contributed by atoms with E-state index >= 15 is 0 Å². The van der Waals surface area contributed by atoms with Crippen molar-refractivity contribution in [1.29, 1.82) is 0 Å². The topological polar surface area (TPSA) is 130 Å². The fourth-order valence-electron chi connectivity index (χ4n) is 7.30. The molecule has 7 aromatic rings. The molecule has 0 fully saturated rings. The Morgan fingerprint density at radius 2 is 0.559 bits per heavy atom. The minimum Gasteiger partial charge on any atom is -0.657 e. The van der Waals surface area contributed by atoms with E-state index in [0.717, 1.165) is 112 Å². The second-order valence-corrected chi connectivity index (χ2v) is 13.3. The Labute approximate surface area is 351 Å². The van der Waals surface area contributed by atoms with E-state index in [1.807, 2.05) is 97.1 Å². The Morgan fingerprint density at radius 3 is 0.746 bits per heavy atom. The fraction of sp³-hybridized carbons (Fsp3) is 0.0833. The van der Waals surface area contributed by atoms with Gasteiger partial charge in [0.2, 0.25) is 0 Å². The average Bonchev–Trinajstić information content (AvgIpc) is 4.14. The van der Waals surface area contributed by atoms with Gasteiger partial charge in [-0.25, -0.2) is 9.97 Å². The van der Waals surface area contributed by atoms with Gasteiger partial charge in [0.05, 0.1) is 51.2 Å². The number of rotatable bonds is 8. The van der Waals surface area contributed by atoms with E-state index in [2.05, 4.69) is 48.6 Å². The third-order valence-corrected chi connectivity index (χ3v) is 10.1. The summed E-state index contributed by atoms with van der Waals surface area (Å²) in [5.41, 5.74) is 19.4.